The summed E-state index contributed by atoms with van der Waals surface area (Å²) in [5.41, 5.74) is 4.31. The van der Waals surface area contributed by atoms with Gasteiger partial charge in [0.1, 0.15) is 5.75 Å². The molecule has 3 nitrogen and oxygen atoms in total. The monoisotopic (exact) mass is 424 g/mol. The highest BCUT2D eigenvalue weighted by Crippen LogP contribution is 2.45. The summed E-state index contributed by atoms with van der Waals surface area (Å²) < 4.78 is 6.21. The van der Waals surface area contributed by atoms with Crippen LogP contribution < -0.4 is 4.74 Å². The molecule has 0 unspecified atom stereocenters. The highest BCUT2D eigenvalue weighted by atomic mass is 35.5. The van der Waals surface area contributed by atoms with Gasteiger partial charge in [-0.15, -0.1) is 0 Å². The predicted molar refractivity (Wildman–Crippen MR) is 124 cm³/mol. The molecule has 0 radical (unpaired) electrons. The van der Waals surface area contributed by atoms with Crippen molar-refractivity contribution in [3.63, 3.8) is 0 Å². The summed E-state index contributed by atoms with van der Waals surface area (Å²) in [5.74, 6) is 1.45. The van der Waals surface area contributed by atoms with Crippen molar-refractivity contribution >= 4 is 11.6 Å². The Morgan fingerprint density at radius 1 is 0.900 bits per heavy atom. The van der Waals surface area contributed by atoms with Crippen molar-refractivity contribution in [2.45, 2.75) is 50.5 Å². The van der Waals surface area contributed by atoms with Crippen LogP contribution in [0.3, 0.4) is 0 Å². The minimum absolute atomic E-state index is 0.416. The third-order valence-electron chi connectivity index (χ3n) is 7.18. The van der Waals surface area contributed by atoms with E-state index < -0.39 is 0 Å². The molecule has 0 amide bonds. The van der Waals surface area contributed by atoms with E-state index in [2.05, 4.69) is 40.1 Å². The Hall–Kier alpha value is -1.55. The van der Waals surface area contributed by atoms with Gasteiger partial charge in [0.25, 0.3) is 0 Å². The topological polar surface area (TPSA) is 15.7 Å². The first kappa shape index (κ1) is 20.4. The Labute approximate surface area is 186 Å². The van der Waals surface area contributed by atoms with Crippen molar-refractivity contribution in [3.8, 4) is 5.75 Å². The van der Waals surface area contributed by atoms with Crippen LogP contribution >= 0.6 is 11.6 Å². The largest absolute Gasteiger partial charge is 0.494 e. The fourth-order valence-electron chi connectivity index (χ4n) is 5.62. The van der Waals surface area contributed by atoms with Gasteiger partial charge in [-0.3, -0.25) is 4.90 Å². The standard InChI is InChI=1S/C26H33ClN2O/c27-21-9-7-20(8-10-21)25-19-29-16-4-6-26(29)24-18-22(11-12-23(24)25)30-17-5-15-28-13-2-1-3-14-28/h7-12,18,25-26H,1-6,13-17,19H2/t25-,26+/m1/s1. The van der Waals surface area contributed by atoms with Gasteiger partial charge in [-0.1, -0.05) is 36.2 Å². The summed E-state index contributed by atoms with van der Waals surface area (Å²) in [5, 5.41) is 0.808. The maximum Gasteiger partial charge on any atom is 0.119 e. The summed E-state index contributed by atoms with van der Waals surface area (Å²) in [7, 11) is 0. The molecule has 0 aromatic heterocycles. The molecule has 2 aromatic carbocycles. The van der Waals surface area contributed by atoms with Gasteiger partial charge < -0.3 is 9.64 Å². The quantitative estimate of drug-likeness (QED) is 0.538. The minimum atomic E-state index is 0.416. The lowest BCUT2D eigenvalue weighted by Gasteiger charge is -2.37. The van der Waals surface area contributed by atoms with E-state index in [9.17, 15) is 0 Å². The molecule has 0 aliphatic carbocycles. The molecule has 3 heterocycles. The Kier molecular flexibility index (Phi) is 6.31. The molecule has 0 bridgehead atoms. The molecule has 3 aliphatic heterocycles. The van der Waals surface area contributed by atoms with E-state index in [0.717, 1.165) is 30.3 Å². The van der Waals surface area contributed by atoms with Gasteiger partial charge in [-0.05, 0) is 92.7 Å². The molecular weight excluding hydrogens is 392 g/mol. The molecule has 2 aromatic rings. The normalized spacial score (nSPS) is 24.4. The fraction of sp³-hybridized carbons (Fsp3) is 0.538. The predicted octanol–water partition coefficient (Wildman–Crippen LogP) is 5.88. The lowest BCUT2D eigenvalue weighted by molar-refractivity contribution is 0.204. The Morgan fingerprint density at radius 3 is 2.57 bits per heavy atom. The minimum Gasteiger partial charge on any atom is -0.494 e. The van der Waals surface area contributed by atoms with E-state index in [-0.39, 0.29) is 0 Å². The number of piperidine rings is 1. The SMILES string of the molecule is Clc1ccc([C@H]2CN3CCC[C@H]3c3cc(OCCCN4CCCCC4)ccc32)cc1. The van der Waals surface area contributed by atoms with Crippen LogP contribution in [0, 0.1) is 0 Å². The third kappa shape index (κ3) is 4.39. The van der Waals surface area contributed by atoms with Crippen LogP contribution in [0.25, 0.3) is 0 Å². The lowest BCUT2D eigenvalue weighted by atomic mass is 9.81. The van der Waals surface area contributed by atoms with Crippen LogP contribution in [0.1, 0.15) is 67.2 Å². The van der Waals surface area contributed by atoms with Crippen molar-refractivity contribution in [2.75, 3.05) is 39.3 Å². The molecule has 3 aliphatic rings. The van der Waals surface area contributed by atoms with Crippen molar-refractivity contribution in [1.29, 1.82) is 0 Å². The van der Waals surface area contributed by atoms with Gasteiger partial charge in [0.05, 0.1) is 6.61 Å². The number of hydrogen-bond donors (Lipinski definition) is 0. The van der Waals surface area contributed by atoms with Gasteiger partial charge in [-0.25, -0.2) is 0 Å². The summed E-state index contributed by atoms with van der Waals surface area (Å²) in [6, 6.07) is 15.8. The van der Waals surface area contributed by atoms with E-state index in [1.165, 1.54) is 75.0 Å². The van der Waals surface area contributed by atoms with Crippen molar-refractivity contribution in [1.82, 2.24) is 9.80 Å². The maximum atomic E-state index is 6.21. The number of nitrogens with zero attached hydrogens (tertiary/aromatic N) is 2. The van der Waals surface area contributed by atoms with Gasteiger partial charge in [-0.2, -0.15) is 0 Å². The second kappa shape index (κ2) is 9.30. The van der Waals surface area contributed by atoms with Gasteiger partial charge in [0.2, 0.25) is 0 Å². The molecule has 0 spiro atoms. The molecule has 0 N–H and O–H groups in total. The summed E-state index contributed by atoms with van der Waals surface area (Å²) in [6.07, 6.45) is 7.78. The van der Waals surface area contributed by atoms with Crippen LogP contribution in [0.5, 0.6) is 5.75 Å². The zero-order valence-electron chi connectivity index (χ0n) is 17.9. The van der Waals surface area contributed by atoms with Crippen LogP contribution in [-0.2, 0) is 0 Å². The summed E-state index contributed by atoms with van der Waals surface area (Å²) >= 11 is 6.14. The van der Waals surface area contributed by atoms with Gasteiger partial charge >= 0.3 is 0 Å². The summed E-state index contributed by atoms with van der Waals surface area (Å²) in [4.78, 5) is 5.26. The van der Waals surface area contributed by atoms with Crippen molar-refractivity contribution in [2.24, 2.45) is 0 Å². The molecule has 30 heavy (non-hydrogen) atoms. The van der Waals surface area contributed by atoms with E-state index in [1.807, 2.05) is 12.1 Å². The van der Waals surface area contributed by atoms with E-state index in [0.29, 0.717) is 12.0 Å². The Morgan fingerprint density at radius 2 is 1.73 bits per heavy atom. The van der Waals surface area contributed by atoms with E-state index in [4.69, 9.17) is 16.3 Å². The number of fused-ring (bicyclic) bond motifs is 3. The van der Waals surface area contributed by atoms with Gasteiger partial charge in [0, 0.05) is 30.1 Å². The smallest absolute Gasteiger partial charge is 0.119 e. The van der Waals surface area contributed by atoms with Crippen LogP contribution in [0.4, 0.5) is 0 Å². The number of halogens is 1. The van der Waals surface area contributed by atoms with Gasteiger partial charge in [0.15, 0.2) is 0 Å². The van der Waals surface area contributed by atoms with Crippen LogP contribution in [0.15, 0.2) is 42.5 Å². The number of likely N-dealkylation sites (tertiary alicyclic amines) is 1. The number of ether oxygens (including phenoxy) is 1. The molecule has 4 heteroatoms. The number of hydrogen-bond acceptors (Lipinski definition) is 3. The molecule has 2 saturated heterocycles. The average molecular weight is 425 g/mol. The first-order valence-corrected chi connectivity index (χ1v) is 12.1. The molecule has 2 atom stereocenters. The molecule has 5 rings (SSSR count). The molecule has 0 saturated carbocycles. The Bertz CT molecular complexity index is 847. The molecular formula is C26H33ClN2O. The highest BCUT2D eigenvalue weighted by molar-refractivity contribution is 6.30. The molecule has 2 fully saturated rings. The Balaban J connectivity index is 1.29. The van der Waals surface area contributed by atoms with Crippen molar-refractivity contribution in [3.05, 3.63) is 64.2 Å². The second-order valence-corrected chi connectivity index (χ2v) is 9.59. The third-order valence-corrected chi connectivity index (χ3v) is 7.43. The van der Waals surface area contributed by atoms with Crippen molar-refractivity contribution < 1.29 is 4.74 Å². The summed E-state index contributed by atoms with van der Waals surface area (Å²) in [6.45, 7) is 6.82. The van der Waals surface area contributed by atoms with E-state index >= 15 is 0 Å². The highest BCUT2D eigenvalue weighted by Gasteiger charge is 2.36. The first-order valence-electron chi connectivity index (χ1n) is 11.8. The maximum absolute atomic E-state index is 6.21. The zero-order valence-corrected chi connectivity index (χ0v) is 18.6. The zero-order chi connectivity index (χ0) is 20.3. The van der Waals surface area contributed by atoms with Crippen LogP contribution in [0.2, 0.25) is 5.02 Å². The number of rotatable bonds is 6. The lowest BCUT2D eigenvalue weighted by Crippen LogP contribution is -2.34. The second-order valence-electron chi connectivity index (χ2n) is 9.15. The van der Waals surface area contributed by atoms with Crippen LogP contribution in [-0.4, -0.2) is 49.1 Å². The number of benzene rings is 2. The molecule has 160 valence electrons. The first-order chi connectivity index (χ1) is 14.8. The average Bonchev–Trinajstić information content (AvgIpc) is 3.26. The van der Waals surface area contributed by atoms with E-state index in [1.54, 1.807) is 0 Å². The fourth-order valence-corrected chi connectivity index (χ4v) is 5.75.